The van der Waals surface area contributed by atoms with E-state index in [1.807, 2.05) is 42.2 Å². The van der Waals surface area contributed by atoms with Gasteiger partial charge in [-0.3, -0.25) is 9.59 Å². The second-order valence-corrected chi connectivity index (χ2v) is 8.48. The zero-order valence-electron chi connectivity index (χ0n) is 18.1. The second-order valence-electron chi connectivity index (χ2n) is 8.48. The van der Waals surface area contributed by atoms with Crippen LogP contribution in [0.4, 0.5) is 0 Å². The van der Waals surface area contributed by atoms with E-state index >= 15 is 0 Å². The molecule has 160 valence electrons. The highest BCUT2D eigenvalue weighted by Crippen LogP contribution is 2.23. The van der Waals surface area contributed by atoms with Crippen LogP contribution in [0, 0.1) is 5.92 Å². The number of piperidine rings is 1. The fraction of sp³-hybridized carbons (Fsp3) is 0.333. The number of hydrogen-bond acceptors (Lipinski definition) is 2. The highest BCUT2D eigenvalue weighted by atomic mass is 16.2. The number of carbonyl (C=O) groups excluding carboxylic acids is 2. The molecule has 4 nitrogen and oxygen atoms in total. The fourth-order valence-electron chi connectivity index (χ4n) is 4.34. The monoisotopic (exact) mass is 414 g/mol. The molecule has 4 rings (SSSR count). The number of amides is 2. The molecule has 2 amide bonds. The van der Waals surface area contributed by atoms with Gasteiger partial charge < -0.3 is 10.2 Å². The summed E-state index contributed by atoms with van der Waals surface area (Å²) in [7, 11) is 0. The lowest BCUT2D eigenvalue weighted by Gasteiger charge is -2.32. The number of hydrogen-bond donors (Lipinski definition) is 1. The van der Waals surface area contributed by atoms with E-state index < -0.39 is 0 Å². The molecule has 1 unspecified atom stereocenters. The van der Waals surface area contributed by atoms with Crippen molar-refractivity contribution in [1.82, 2.24) is 10.2 Å². The minimum Gasteiger partial charge on any atom is -0.349 e. The van der Waals surface area contributed by atoms with Crippen LogP contribution in [-0.4, -0.2) is 29.8 Å². The van der Waals surface area contributed by atoms with Gasteiger partial charge in [-0.05, 0) is 54.2 Å². The van der Waals surface area contributed by atoms with Crippen molar-refractivity contribution in [3.63, 3.8) is 0 Å². The van der Waals surface area contributed by atoms with Crippen LogP contribution in [0.15, 0.2) is 72.8 Å². The normalized spacial score (nSPS) is 15.6. The fourth-order valence-corrected chi connectivity index (χ4v) is 4.34. The minimum absolute atomic E-state index is 0.0268. The summed E-state index contributed by atoms with van der Waals surface area (Å²) in [6, 6.07) is 24.7. The topological polar surface area (TPSA) is 49.4 Å². The summed E-state index contributed by atoms with van der Waals surface area (Å²) in [5, 5.41) is 5.57. The molecule has 1 heterocycles. The Labute approximate surface area is 184 Å². The largest absolute Gasteiger partial charge is 0.349 e. The Morgan fingerprint density at radius 1 is 0.935 bits per heavy atom. The summed E-state index contributed by atoms with van der Waals surface area (Å²) in [6.45, 7) is 3.36. The number of aryl methyl sites for hydroxylation is 1. The van der Waals surface area contributed by atoms with Crippen molar-refractivity contribution < 1.29 is 9.59 Å². The third kappa shape index (κ3) is 5.32. The minimum atomic E-state index is -0.0392. The molecule has 0 aromatic heterocycles. The van der Waals surface area contributed by atoms with Gasteiger partial charge in [0.25, 0.3) is 0 Å². The molecule has 1 saturated heterocycles. The van der Waals surface area contributed by atoms with E-state index in [9.17, 15) is 9.59 Å². The van der Waals surface area contributed by atoms with Gasteiger partial charge in [0.15, 0.2) is 0 Å². The van der Waals surface area contributed by atoms with Crippen LogP contribution in [0.25, 0.3) is 10.8 Å². The number of likely N-dealkylation sites (tertiary alicyclic amines) is 1. The summed E-state index contributed by atoms with van der Waals surface area (Å²) in [5.41, 5.74) is 2.30. The third-order valence-electron chi connectivity index (χ3n) is 6.32. The Hall–Kier alpha value is -3.14. The van der Waals surface area contributed by atoms with Gasteiger partial charge in [0.1, 0.15) is 0 Å². The molecule has 0 aliphatic carbocycles. The summed E-state index contributed by atoms with van der Waals surface area (Å²) in [4.78, 5) is 27.3. The Balaban J connectivity index is 1.26. The van der Waals surface area contributed by atoms with E-state index in [1.165, 1.54) is 16.3 Å². The van der Waals surface area contributed by atoms with Gasteiger partial charge in [-0.15, -0.1) is 0 Å². The van der Waals surface area contributed by atoms with E-state index in [4.69, 9.17) is 0 Å². The number of benzene rings is 3. The van der Waals surface area contributed by atoms with Crippen molar-refractivity contribution in [2.45, 2.75) is 38.6 Å². The predicted molar refractivity (Wildman–Crippen MR) is 125 cm³/mol. The molecule has 1 fully saturated rings. The Morgan fingerprint density at radius 3 is 2.35 bits per heavy atom. The maximum atomic E-state index is 12.8. The highest BCUT2D eigenvalue weighted by Gasteiger charge is 2.28. The first-order valence-electron chi connectivity index (χ1n) is 11.2. The van der Waals surface area contributed by atoms with Crippen LogP contribution in [0.2, 0.25) is 0 Å². The average Bonchev–Trinajstić information content (AvgIpc) is 2.83. The van der Waals surface area contributed by atoms with Gasteiger partial charge in [-0.2, -0.15) is 0 Å². The molecule has 0 spiro atoms. The van der Waals surface area contributed by atoms with E-state index in [0.717, 1.165) is 24.8 Å². The van der Waals surface area contributed by atoms with Crippen molar-refractivity contribution >= 4 is 22.6 Å². The third-order valence-corrected chi connectivity index (χ3v) is 6.32. The Bertz CT molecular complexity index is 1040. The van der Waals surface area contributed by atoms with E-state index in [-0.39, 0.29) is 23.8 Å². The molecular weight excluding hydrogens is 384 g/mol. The van der Waals surface area contributed by atoms with Crippen molar-refractivity contribution in [3.8, 4) is 0 Å². The lowest BCUT2D eigenvalue weighted by Crippen LogP contribution is -2.43. The quantitative estimate of drug-likeness (QED) is 0.624. The van der Waals surface area contributed by atoms with Gasteiger partial charge in [-0.25, -0.2) is 0 Å². The summed E-state index contributed by atoms with van der Waals surface area (Å²) in [5.74, 6) is 0.255. The number of nitrogens with zero attached hydrogens (tertiary/aromatic N) is 1. The van der Waals surface area contributed by atoms with E-state index in [1.54, 1.807) is 0 Å². The lowest BCUT2D eigenvalue weighted by molar-refractivity contribution is -0.135. The van der Waals surface area contributed by atoms with E-state index in [2.05, 4.69) is 47.8 Å². The van der Waals surface area contributed by atoms with Crippen LogP contribution in [0.3, 0.4) is 0 Å². The molecule has 0 radical (unpaired) electrons. The first kappa shape index (κ1) is 21.1. The number of nitrogens with one attached hydrogen (secondary N) is 1. The van der Waals surface area contributed by atoms with Crippen LogP contribution >= 0.6 is 0 Å². The molecule has 1 aliphatic rings. The van der Waals surface area contributed by atoms with Crippen molar-refractivity contribution in [3.05, 3.63) is 83.9 Å². The molecule has 3 aromatic rings. The van der Waals surface area contributed by atoms with Crippen molar-refractivity contribution in [1.29, 1.82) is 0 Å². The first-order valence-corrected chi connectivity index (χ1v) is 11.2. The first-order chi connectivity index (χ1) is 15.1. The zero-order valence-corrected chi connectivity index (χ0v) is 18.1. The number of rotatable bonds is 6. The van der Waals surface area contributed by atoms with E-state index in [0.29, 0.717) is 19.5 Å². The number of fused-ring (bicyclic) bond motifs is 1. The molecule has 0 bridgehead atoms. The molecule has 0 saturated carbocycles. The molecule has 4 heteroatoms. The molecule has 1 aliphatic heterocycles. The van der Waals surface area contributed by atoms with Crippen molar-refractivity contribution in [2.75, 3.05) is 13.1 Å². The van der Waals surface area contributed by atoms with Crippen LogP contribution in [0.5, 0.6) is 0 Å². The molecule has 31 heavy (non-hydrogen) atoms. The zero-order chi connectivity index (χ0) is 21.6. The maximum absolute atomic E-state index is 12.8. The summed E-state index contributed by atoms with van der Waals surface area (Å²) in [6.07, 6.45) is 2.75. The number of carbonyl (C=O) groups is 2. The Morgan fingerprint density at radius 2 is 1.61 bits per heavy atom. The van der Waals surface area contributed by atoms with Gasteiger partial charge in [0.2, 0.25) is 11.8 Å². The predicted octanol–water partition coefficient (Wildman–Crippen LogP) is 4.89. The molecule has 1 atom stereocenters. The van der Waals surface area contributed by atoms with Gasteiger partial charge in [-0.1, -0.05) is 66.7 Å². The van der Waals surface area contributed by atoms with Gasteiger partial charge in [0.05, 0.1) is 6.04 Å². The summed E-state index contributed by atoms with van der Waals surface area (Å²) < 4.78 is 0. The van der Waals surface area contributed by atoms with Crippen LogP contribution in [0.1, 0.15) is 43.4 Å². The Kier molecular flexibility index (Phi) is 6.66. The van der Waals surface area contributed by atoms with Gasteiger partial charge in [0, 0.05) is 25.4 Å². The molecular formula is C27H30N2O2. The molecule has 1 N–H and O–H groups in total. The SMILES string of the molecule is CC(NC(=O)C1CCN(C(=O)CCc2ccccc2)CC1)c1ccc2ccccc2c1. The van der Waals surface area contributed by atoms with Crippen molar-refractivity contribution in [2.24, 2.45) is 5.92 Å². The highest BCUT2D eigenvalue weighted by molar-refractivity contribution is 5.84. The standard InChI is InChI=1S/C27H30N2O2/c1-20(24-13-12-22-9-5-6-10-25(22)19-24)28-27(31)23-15-17-29(18-16-23)26(30)14-11-21-7-3-2-4-8-21/h2-10,12-13,19-20,23H,11,14-18H2,1H3,(H,28,31). The summed E-state index contributed by atoms with van der Waals surface area (Å²) >= 11 is 0. The second kappa shape index (κ2) is 9.78. The average molecular weight is 415 g/mol. The lowest BCUT2D eigenvalue weighted by atomic mass is 9.94. The smallest absolute Gasteiger partial charge is 0.223 e. The van der Waals surface area contributed by atoms with Crippen LogP contribution < -0.4 is 5.32 Å². The van der Waals surface area contributed by atoms with Crippen LogP contribution in [-0.2, 0) is 16.0 Å². The van der Waals surface area contributed by atoms with Gasteiger partial charge >= 0.3 is 0 Å². The maximum Gasteiger partial charge on any atom is 0.223 e. The molecule has 3 aromatic carbocycles.